The molecule has 0 bridgehead atoms. The predicted octanol–water partition coefficient (Wildman–Crippen LogP) is 0.896. The van der Waals surface area contributed by atoms with E-state index in [0.717, 1.165) is 17.7 Å². The summed E-state index contributed by atoms with van der Waals surface area (Å²) < 4.78 is 5.24. The van der Waals surface area contributed by atoms with Gasteiger partial charge in [-0.1, -0.05) is 5.48 Å². The lowest BCUT2D eigenvalue weighted by molar-refractivity contribution is -0.0163. The maximum atomic E-state index is 5.38. The Balaban J connectivity index is 2.48. The molecule has 1 rings (SSSR count). The van der Waals surface area contributed by atoms with Crippen molar-refractivity contribution >= 4 is 6.08 Å². The molecule has 1 heterocycles. The van der Waals surface area contributed by atoms with E-state index < -0.39 is 0 Å². The highest BCUT2D eigenvalue weighted by Gasteiger charge is 1.97. The van der Waals surface area contributed by atoms with Gasteiger partial charge in [0.25, 0.3) is 0 Å². The Labute approximate surface area is 77.3 Å². The molecule has 4 nitrogen and oxygen atoms in total. The third-order valence-corrected chi connectivity index (χ3v) is 1.54. The van der Waals surface area contributed by atoms with Crippen molar-refractivity contribution in [3.05, 3.63) is 29.9 Å². The van der Waals surface area contributed by atoms with Gasteiger partial charge >= 0.3 is 0 Å². The standard InChI is InChI=1S/C9H14N2O2/c1-11-13-5-3-8-6-9(2-4-10)12-7-8/h3,5-7,11H,2,4,10H2,1H3/p+1/b5-3+. The molecular weight excluding hydrogens is 168 g/mol. The second-order valence-corrected chi connectivity index (χ2v) is 2.55. The van der Waals surface area contributed by atoms with Gasteiger partial charge in [0.15, 0.2) is 0 Å². The first-order valence-electron chi connectivity index (χ1n) is 4.17. The zero-order valence-corrected chi connectivity index (χ0v) is 7.66. The summed E-state index contributed by atoms with van der Waals surface area (Å²) in [6.07, 6.45) is 6.00. The van der Waals surface area contributed by atoms with Crippen LogP contribution in [0, 0.1) is 0 Å². The summed E-state index contributed by atoms with van der Waals surface area (Å²) in [6.45, 7) is 0.609. The van der Waals surface area contributed by atoms with Crippen LogP contribution >= 0.6 is 0 Å². The molecule has 0 saturated carbocycles. The van der Waals surface area contributed by atoms with E-state index in [1.807, 2.05) is 12.1 Å². The highest BCUT2D eigenvalue weighted by atomic mass is 16.6. The Kier molecular flexibility index (Phi) is 4.08. The summed E-state index contributed by atoms with van der Waals surface area (Å²) in [5, 5.41) is 0. The molecule has 0 aliphatic heterocycles. The van der Waals surface area contributed by atoms with Crippen LogP contribution in [0.25, 0.3) is 6.08 Å². The van der Waals surface area contributed by atoms with Crippen molar-refractivity contribution in [3.63, 3.8) is 0 Å². The molecule has 4 heteroatoms. The molecule has 0 fully saturated rings. The van der Waals surface area contributed by atoms with Crippen LogP contribution < -0.4 is 11.2 Å². The lowest BCUT2D eigenvalue weighted by Gasteiger charge is -1.88. The Morgan fingerprint density at radius 2 is 2.54 bits per heavy atom. The number of furan rings is 1. The minimum atomic E-state index is 0.609. The van der Waals surface area contributed by atoms with Crippen LogP contribution in [0.5, 0.6) is 0 Å². The summed E-state index contributed by atoms with van der Waals surface area (Å²) in [7, 11) is 1.75. The third kappa shape index (κ3) is 3.31. The van der Waals surface area contributed by atoms with E-state index >= 15 is 0 Å². The first kappa shape index (κ1) is 9.83. The highest BCUT2D eigenvalue weighted by molar-refractivity contribution is 5.46. The molecule has 0 spiro atoms. The number of rotatable bonds is 5. The first-order chi connectivity index (χ1) is 6.36. The van der Waals surface area contributed by atoms with Crippen LogP contribution in [0.3, 0.4) is 0 Å². The second kappa shape index (κ2) is 5.40. The predicted molar refractivity (Wildman–Crippen MR) is 51.3 cm³/mol. The van der Waals surface area contributed by atoms with Crippen molar-refractivity contribution in [1.82, 2.24) is 5.48 Å². The maximum Gasteiger partial charge on any atom is 0.244 e. The number of hydrogen-bond donors (Lipinski definition) is 2. The second-order valence-electron chi connectivity index (χ2n) is 2.55. The molecule has 4 N–H and O–H groups in total. The fourth-order valence-corrected chi connectivity index (χ4v) is 0.956. The van der Waals surface area contributed by atoms with E-state index in [0.29, 0.717) is 6.54 Å². The fraction of sp³-hybridized carbons (Fsp3) is 0.333. The van der Waals surface area contributed by atoms with E-state index in [9.17, 15) is 0 Å². The average Bonchev–Trinajstić information content (AvgIpc) is 2.54. The van der Waals surface area contributed by atoms with Crippen molar-refractivity contribution in [1.29, 1.82) is 0 Å². The van der Waals surface area contributed by atoms with Gasteiger partial charge in [-0.05, 0) is 12.6 Å². The molecule has 13 heavy (non-hydrogen) atoms. The highest BCUT2D eigenvalue weighted by Crippen LogP contribution is 2.09. The van der Waals surface area contributed by atoms with Gasteiger partial charge in [-0.15, -0.1) is 0 Å². The number of hydroxylamine groups is 1. The summed E-state index contributed by atoms with van der Waals surface area (Å²) in [5.41, 5.74) is 9.04. The lowest BCUT2D eigenvalue weighted by Crippen LogP contribution is -2.05. The van der Waals surface area contributed by atoms with Crippen LogP contribution in [0.4, 0.5) is 0 Å². The first-order valence-corrected chi connectivity index (χ1v) is 4.17. The molecule has 0 aliphatic rings. The average molecular weight is 183 g/mol. The minimum Gasteiger partial charge on any atom is -0.480 e. The summed E-state index contributed by atoms with van der Waals surface area (Å²) in [6, 6.07) is 1.95. The lowest BCUT2D eigenvalue weighted by atomic mass is 10.2. The van der Waals surface area contributed by atoms with Gasteiger partial charge in [0, 0.05) is 18.1 Å². The third-order valence-electron chi connectivity index (χ3n) is 1.54. The van der Waals surface area contributed by atoms with Gasteiger partial charge in [0.05, 0.1) is 13.3 Å². The molecule has 0 unspecified atom stereocenters. The number of hydrogen-bond acceptors (Lipinski definition) is 3. The van der Waals surface area contributed by atoms with E-state index in [1.54, 1.807) is 19.6 Å². The molecule has 0 aliphatic carbocycles. The smallest absolute Gasteiger partial charge is 0.244 e. The normalized spacial score (nSPS) is 10.9. The molecule has 1 aromatic heterocycles. The maximum absolute atomic E-state index is 5.38. The van der Waals surface area contributed by atoms with Crippen molar-refractivity contribution < 1.29 is 9.25 Å². The molecule has 0 amide bonds. The van der Waals surface area contributed by atoms with Gasteiger partial charge in [-0.3, -0.25) is 0 Å². The fourth-order valence-electron chi connectivity index (χ4n) is 0.956. The molecule has 0 radical (unpaired) electrons. The van der Waals surface area contributed by atoms with Crippen LogP contribution in [0.1, 0.15) is 11.3 Å². The van der Waals surface area contributed by atoms with Crippen LogP contribution in [-0.4, -0.2) is 18.4 Å². The van der Waals surface area contributed by atoms with E-state index in [-0.39, 0.29) is 0 Å². The number of aliphatic hydroxyl groups is 1. The van der Waals surface area contributed by atoms with Crippen molar-refractivity contribution in [2.75, 3.05) is 13.6 Å². The molecule has 72 valence electrons. The monoisotopic (exact) mass is 183 g/mol. The Morgan fingerprint density at radius 3 is 3.23 bits per heavy atom. The van der Waals surface area contributed by atoms with Gasteiger partial charge in [-0.2, -0.15) is 0 Å². The van der Waals surface area contributed by atoms with E-state index in [2.05, 4.69) is 10.3 Å². The van der Waals surface area contributed by atoms with Gasteiger partial charge in [0.1, 0.15) is 5.76 Å². The van der Waals surface area contributed by atoms with Gasteiger partial charge in [-0.25, -0.2) is 0 Å². The van der Waals surface area contributed by atoms with Crippen LogP contribution in [0.15, 0.2) is 23.0 Å². The summed E-state index contributed by atoms with van der Waals surface area (Å²) in [4.78, 5) is 3.83. The number of nitrogens with two attached hydrogens (primary N) is 1. The SMILES string of the molecule is CN[OH+]/C=C/c1coc(CCN)c1. The van der Waals surface area contributed by atoms with Gasteiger partial charge < -0.3 is 15.0 Å². The molecule has 1 aromatic rings. The molecular formula is C9H15N2O2+. The Hall–Kier alpha value is -1.26. The molecule has 0 saturated heterocycles. The summed E-state index contributed by atoms with van der Waals surface area (Å²) in [5.74, 6) is 0.909. The zero-order chi connectivity index (χ0) is 9.52. The van der Waals surface area contributed by atoms with Crippen molar-refractivity contribution in [2.45, 2.75) is 6.42 Å². The minimum absolute atomic E-state index is 0.609. The summed E-state index contributed by atoms with van der Waals surface area (Å²) >= 11 is 0. The van der Waals surface area contributed by atoms with Crippen LogP contribution in [-0.2, 0) is 6.42 Å². The van der Waals surface area contributed by atoms with Crippen molar-refractivity contribution in [2.24, 2.45) is 5.73 Å². The largest absolute Gasteiger partial charge is 0.480 e. The van der Waals surface area contributed by atoms with Crippen molar-refractivity contribution in [3.8, 4) is 0 Å². The van der Waals surface area contributed by atoms with E-state index in [1.165, 1.54) is 0 Å². The molecule has 0 aromatic carbocycles. The Morgan fingerprint density at radius 1 is 1.69 bits per heavy atom. The van der Waals surface area contributed by atoms with Gasteiger partial charge in [0.2, 0.25) is 6.26 Å². The zero-order valence-electron chi connectivity index (χ0n) is 7.66. The molecule has 0 atom stereocenters. The van der Waals surface area contributed by atoms with E-state index in [4.69, 9.17) is 10.2 Å². The Bertz CT molecular complexity index is 268. The quantitative estimate of drug-likeness (QED) is 0.405. The number of nitrogens with one attached hydrogen (secondary N) is 1. The van der Waals surface area contributed by atoms with Crippen LogP contribution in [0.2, 0.25) is 0 Å². The topological polar surface area (TPSA) is 64.0 Å².